The zero-order valence-electron chi connectivity index (χ0n) is 11.9. The molecule has 3 aromatic rings. The third-order valence-electron chi connectivity index (χ3n) is 3.52. The van der Waals surface area contributed by atoms with E-state index in [1.165, 1.54) is 12.1 Å². The number of aromatic amines is 1. The Hall–Kier alpha value is -2.76. The van der Waals surface area contributed by atoms with Crippen LogP contribution in [-0.4, -0.2) is 10.9 Å². The molecule has 3 rings (SSSR count). The summed E-state index contributed by atoms with van der Waals surface area (Å²) in [5.74, 6) is -0.283. The Morgan fingerprint density at radius 1 is 1.04 bits per heavy atom. The van der Waals surface area contributed by atoms with Gasteiger partial charge >= 0.3 is 6.18 Å². The third-order valence-corrected chi connectivity index (χ3v) is 3.52. The number of benzene rings is 2. The Kier molecular flexibility index (Phi) is 3.82. The molecule has 0 spiro atoms. The van der Waals surface area contributed by atoms with E-state index in [0.29, 0.717) is 5.69 Å². The van der Waals surface area contributed by atoms with Gasteiger partial charge < -0.3 is 10.3 Å². The number of rotatable bonds is 3. The van der Waals surface area contributed by atoms with Crippen LogP contribution in [0.5, 0.6) is 0 Å². The highest BCUT2D eigenvalue weighted by Gasteiger charge is 2.29. The van der Waals surface area contributed by atoms with Gasteiger partial charge in [0.05, 0.1) is 12.0 Å². The largest absolute Gasteiger partial charge is 0.416 e. The first-order valence-corrected chi connectivity index (χ1v) is 6.95. The van der Waals surface area contributed by atoms with Gasteiger partial charge in [-0.05, 0) is 35.9 Å². The van der Waals surface area contributed by atoms with Crippen molar-refractivity contribution in [3.05, 3.63) is 65.9 Å². The molecule has 118 valence electrons. The number of nitrogens with one attached hydrogen (secondary N) is 2. The smallest absolute Gasteiger partial charge is 0.361 e. The molecule has 1 heterocycles. The molecule has 0 aliphatic carbocycles. The summed E-state index contributed by atoms with van der Waals surface area (Å²) in [6.45, 7) is 0. The lowest BCUT2D eigenvalue weighted by atomic mass is 10.1. The minimum Gasteiger partial charge on any atom is -0.361 e. The van der Waals surface area contributed by atoms with Crippen molar-refractivity contribution in [2.45, 2.75) is 12.6 Å². The lowest BCUT2D eigenvalue weighted by molar-refractivity contribution is -0.137. The van der Waals surface area contributed by atoms with Crippen molar-refractivity contribution in [2.24, 2.45) is 0 Å². The van der Waals surface area contributed by atoms with Crippen LogP contribution in [0.4, 0.5) is 18.9 Å². The normalized spacial score (nSPS) is 11.6. The molecule has 3 nitrogen and oxygen atoms in total. The molecule has 0 fully saturated rings. The minimum absolute atomic E-state index is 0.144. The maximum atomic E-state index is 12.5. The van der Waals surface area contributed by atoms with E-state index in [-0.39, 0.29) is 12.3 Å². The van der Waals surface area contributed by atoms with Gasteiger partial charge in [0.15, 0.2) is 0 Å². The molecule has 0 saturated carbocycles. The average Bonchev–Trinajstić information content (AvgIpc) is 2.90. The number of amides is 1. The number of H-pyrrole nitrogens is 1. The lowest BCUT2D eigenvalue weighted by Gasteiger charge is -2.08. The van der Waals surface area contributed by atoms with Gasteiger partial charge in [-0.25, -0.2) is 0 Å². The molecule has 6 heteroatoms. The molecule has 1 amide bonds. The second kappa shape index (κ2) is 5.79. The maximum absolute atomic E-state index is 12.5. The number of carbonyl (C=O) groups excluding carboxylic acids is 1. The highest BCUT2D eigenvalue weighted by atomic mass is 19.4. The number of fused-ring (bicyclic) bond motifs is 1. The van der Waals surface area contributed by atoms with Crippen LogP contribution in [0.15, 0.2) is 54.7 Å². The SMILES string of the molecule is O=C(Cc1c[nH]c2ccccc12)Nc1ccc(C(F)(F)F)cc1. The fourth-order valence-electron chi connectivity index (χ4n) is 2.40. The molecule has 0 aliphatic rings. The first kappa shape index (κ1) is 15.1. The van der Waals surface area contributed by atoms with Crippen LogP contribution in [0.3, 0.4) is 0 Å². The van der Waals surface area contributed by atoms with Crippen LogP contribution in [-0.2, 0) is 17.4 Å². The molecule has 0 saturated heterocycles. The quantitative estimate of drug-likeness (QED) is 0.740. The summed E-state index contributed by atoms with van der Waals surface area (Å²) in [4.78, 5) is 15.1. The van der Waals surface area contributed by atoms with Gasteiger partial charge in [-0.3, -0.25) is 4.79 Å². The van der Waals surface area contributed by atoms with Crippen molar-refractivity contribution in [2.75, 3.05) is 5.32 Å². The van der Waals surface area contributed by atoms with Gasteiger partial charge in [0.1, 0.15) is 0 Å². The molecular formula is C17H13F3N2O. The fraction of sp³-hybridized carbons (Fsp3) is 0.118. The number of aromatic nitrogens is 1. The van der Waals surface area contributed by atoms with Crippen LogP contribution in [0.25, 0.3) is 10.9 Å². The van der Waals surface area contributed by atoms with E-state index in [0.717, 1.165) is 28.6 Å². The molecule has 0 radical (unpaired) electrons. The van der Waals surface area contributed by atoms with Crippen LogP contribution in [0.1, 0.15) is 11.1 Å². The monoisotopic (exact) mass is 318 g/mol. The predicted octanol–water partition coefficient (Wildman–Crippen LogP) is 4.37. The molecule has 2 aromatic carbocycles. The Balaban J connectivity index is 1.70. The Bertz CT molecular complexity index is 835. The van der Waals surface area contributed by atoms with Gasteiger partial charge in [0.2, 0.25) is 5.91 Å². The summed E-state index contributed by atoms with van der Waals surface area (Å²) in [6, 6.07) is 12.0. The fourth-order valence-corrected chi connectivity index (χ4v) is 2.40. The standard InChI is InChI=1S/C17H13F3N2O/c18-17(19,20)12-5-7-13(8-6-12)22-16(23)9-11-10-21-15-4-2-1-3-14(11)15/h1-8,10,21H,9H2,(H,22,23). The zero-order valence-corrected chi connectivity index (χ0v) is 11.9. The maximum Gasteiger partial charge on any atom is 0.416 e. The van der Waals surface area contributed by atoms with Gasteiger partial charge in [0, 0.05) is 22.8 Å². The molecule has 0 bridgehead atoms. The Morgan fingerprint density at radius 3 is 2.43 bits per heavy atom. The number of halogens is 3. The van der Waals surface area contributed by atoms with Crippen LogP contribution in [0.2, 0.25) is 0 Å². The van der Waals surface area contributed by atoms with Gasteiger partial charge in [0.25, 0.3) is 0 Å². The van der Waals surface area contributed by atoms with E-state index in [9.17, 15) is 18.0 Å². The number of anilines is 1. The first-order valence-electron chi connectivity index (χ1n) is 6.95. The molecule has 0 aliphatic heterocycles. The van der Waals surface area contributed by atoms with Crippen LogP contribution >= 0.6 is 0 Å². The summed E-state index contributed by atoms with van der Waals surface area (Å²) in [6.07, 6.45) is -2.48. The Morgan fingerprint density at radius 2 is 1.74 bits per heavy atom. The topological polar surface area (TPSA) is 44.9 Å². The van der Waals surface area contributed by atoms with E-state index in [1.807, 2.05) is 24.3 Å². The van der Waals surface area contributed by atoms with Crippen molar-refractivity contribution in [1.29, 1.82) is 0 Å². The molecule has 0 atom stereocenters. The van der Waals surface area contributed by atoms with Gasteiger partial charge in [-0.1, -0.05) is 18.2 Å². The zero-order chi connectivity index (χ0) is 16.4. The van der Waals surface area contributed by atoms with E-state index < -0.39 is 11.7 Å². The first-order chi connectivity index (χ1) is 10.9. The molecule has 1 aromatic heterocycles. The molecule has 2 N–H and O–H groups in total. The van der Waals surface area contributed by atoms with Gasteiger partial charge in [-0.2, -0.15) is 13.2 Å². The summed E-state index contributed by atoms with van der Waals surface area (Å²) in [7, 11) is 0. The predicted molar refractivity (Wildman–Crippen MR) is 82.1 cm³/mol. The number of alkyl halides is 3. The summed E-state index contributed by atoms with van der Waals surface area (Å²) < 4.78 is 37.5. The summed E-state index contributed by atoms with van der Waals surface area (Å²) in [5, 5.41) is 3.56. The second-order valence-corrected chi connectivity index (χ2v) is 5.16. The second-order valence-electron chi connectivity index (χ2n) is 5.16. The van der Waals surface area contributed by atoms with Crippen molar-refractivity contribution >= 4 is 22.5 Å². The third kappa shape index (κ3) is 3.36. The highest BCUT2D eigenvalue weighted by molar-refractivity contribution is 5.95. The van der Waals surface area contributed by atoms with E-state index in [2.05, 4.69) is 10.3 Å². The van der Waals surface area contributed by atoms with Crippen LogP contribution < -0.4 is 5.32 Å². The van der Waals surface area contributed by atoms with E-state index >= 15 is 0 Å². The van der Waals surface area contributed by atoms with E-state index in [1.54, 1.807) is 6.20 Å². The minimum atomic E-state index is -4.38. The van der Waals surface area contributed by atoms with E-state index in [4.69, 9.17) is 0 Å². The average molecular weight is 318 g/mol. The molecular weight excluding hydrogens is 305 g/mol. The van der Waals surface area contributed by atoms with Crippen molar-refractivity contribution in [3.63, 3.8) is 0 Å². The highest BCUT2D eigenvalue weighted by Crippen LogP contribution is 2.29. The summed E-state index contributed by atoms with van der Waals surface area (Å²) >= 11 is 0. The van der Waals surface area contributed by atoms with Crippen molar-refractivity contribution in [1.82, 2.24) is 4.98 Å². The molecule has 0 unspecified atom stereocenters. The number of hydrogen-bond acceptors (Lipinski definition) is 1. The number of carbonyl (C=O) groups is 1. The number of para-hydroxylation sites is 1. The molecule has 23 heavy (non-hydrogen) atoms. The lowest BCUT2D eigenvalue weighted by Crippen LogP contribution is -2.14. The number of hydrogen-bond donors (Lipinski definition) is 2. The van der Waals surface area contributed by atoms with Crippen molar-refractivity contribution < 1.29 is 18.0 Å². The van der Waals surface area contributed by atoms with Crippen molar-refractivity contribution in [3.8, 4) is 0 Å². The van der Waals surface area contributed by atoms with Gasteiger partial charge in [-0.15, -0.1) is 0 Å². The Labute approximate surface area is 130 Å². The summed E-state index contributed by atoms with van der Waals surface area (Å²) in [5.41, 5.74) is 1.37. The van der Waals surface area contributed by atoms with Crippen LogP contribution in [0, 0.1) is 0 Å².